The highest BCUT2D eigenvalue weighted by molar-refractivity contribution is 7.92. The SMILES string of the molecule is CCCNC(=O)[C@@H](Cc1ccccc1)N(Cc1cccc(C)c1)C(=O)CN(c1cccc(C)c1C)S(=O)(=O)c1ccccc1. The van der Waals surface area contributed by atoms with Crippen molar-refractivity contribution in [2.75, 3.05) is 17.4 Å². The minimum atomic E-state index is -4.14. The minimum Gasteiger partial charge on any atom is -0.354 e. The average molecular weight is 612 g/mol. The topological polar surface area (TPSA) is 86.8 Å². The molecule has 7 nitrogen and oxygen atoms in total. The van der Waals surface area contributed by atoms with Crippen LogP contribution in [0.2, 0.25) is 0 Å². The lowest BCUT2D eigenvalue weighted by molar-refractivity contribution is -0.140. The van der Waals surface area contributed by atoms with Crippen molar-refractivity contribution in [2.45, 2.75) is 58.0 Å². The third kappa shape index (κ3) is 7.94. The summed E-state index contributed by atoms with van der Waals surface area (Å²) >= 11 is 0. The molecule has 0 aliphatic heterocycles. The van der Waals surface area contributed by atoms with Crippen molar-refractivity contribution >= 4 is 27.5 Å². The zero-order chi connectivity index (χ0) is 31.7. The zero-order valence-electron chi connectivity index (χ0n) is 25.9. The standard InChI is InChI=1S/C36H41N3O4S/c1-5-22-37-36(41)34(24-30-16-8-6-9-17-30)38(25-31-18-12-14-27(2)23-31)35(40)26-39(33-21-13-15-28(3)29(33)4)44(42,43)32-19-10-7-11-20-32/h6-21,23,34H,5,22,24-26H2,1-4H3,(H,37,41)/t34-/m1/s1. The molecule has 0 saturated carbocycles. The fourth-order valence-corrected chi connectivity index (χ4v) is 6.66. The van der Waals surface area contributed by atoms with Gasteiger partial charge in [0.2, 0.25) is 11.8 Å². The number of amides is 2. The Morgan fingerprint density at radius 2 is 1.43 bits per heavy atom. The molecule has 0 heterocycles. The van der Waals surface area contributed by atoms with Crippen molar-refractivity contribution in [3.63, 3.8) is 0 Å². The van der Waals surface area contributed by atoms with E-state index in [9.17, 15) is 18.0 Å². The van der Waals surface area contributed by atoms with Crippen molar-refractivity contribution in [3.8, 4) is 0 Å². The summed E-state index contributed by atoms with van der Waals surface area (Å²) in [5.74, 6) is -0.750. The van der Waals surface area contributed by atoms with Gasteiger partial charge in [0.25, 0.3) is 10.0 Å². The maximum atomic E-state index is 14.5. The van der Waals surface area contributed by atoms with Crippen LogP contribution in [0, 0.1) is 20.8 Å². The predicted octanol–water partition coefficient (Wildman–Crippen LogP) is 5.97. The van der Waals surface area contributed by atoms with E-state index in [4.69, 9.17) is 0 Å². The molecule has 2 amide bonds. The van der Waals surface area contributed by atoms with Crippen LogP contribution in [0.1, 0.15) is 41.2 Å². The van der Waals surface area contributed by atoms with Gasteiger partial charge in [-0.2, -0.15) is 0 Å². The number of nitrogens with one attached hydrogen (secondary N) is 1. The number of carbonyl (C=O) groups excluding carboxylic acids is 2. The Hall–Kier alpha value is -4.43. The van der Waals surface area contributed by atoms with E-state index in [0.717, 1.165) is 34.2 Å². The van der Waals surface area contributed by atoms with E-state index in [1.54, 1.807) is 30.3 Å². The molecule has 4 aromatic rings. The van der Waals surface area contributed by atoms with Crippen LogP contribution in [-0.2, 0) is 32.6 Å². The summed E-state index contributed by atoms with van der Waals surface area (Å²) in [6, 6.07) is 30.0. The second-order valence-corrected chi connectivity index (χ2v) is 12.9. The largest absolute Gasteiger partial charge is 0.354 e. The quantitative estimate of drug-likeness (QED) is 0.202. The number of nitrogens with zero attached hydrogens (tertiary/aromatic N) is 2. The van der Waals surface area contributed by atoms with Crippen LogP contribution in [0.3, 0.4) is 0 Å². The predicted molar refractivity (Wildman–Crippen MR) is 176 cm³/mol. The van der Waals surface area contributed by atoms with Gasteiger partial charge in [0.1, 0.15) is 12.6 Å². The highest BCUT2D eigenvalue weighted by atomic mass is 32.2. The molecule has 8 heteroatoms. The molecular formula is C36H41N3O4S. The van der Waals surface area contributed by atoms with E-state index < -0.39 is 28.5 Å². The zero-order valence-corrected chi connectivity index (χ0v) is 26.7. The van der Waals surface area contributed by atoms with Crippen LogP contribution < -0.4 is 9.62 Å². The number of benzene rings is 4. The molecule has 230 valence electrons. The summed E-state index contributed by atoms with van der Waals surface area (Å²) in [6.07, 6.45) is 1.02. The fraction of sp³-hybridized carbons (Fsp3) is 0.278. The Kier molecular flexibility index (Phi) is 11.0. The van der Waals surface area contributed by atoms with E-state index >= 15 is 0 Å². The number of hydrogen-bond acceptors (Lipinski definition) is 4. The first kappa shape index (κ1) is 32.5. The molecule has 0 fully saturated rings. The highest BCUT2D eigenvalue weighted by Crippen LogP contribution is 2.29. The smallest absolute Gasteiger partial charge is 0.264 e. The van der Waals surface area contributed by atoms with Gasteiger partial charge in [0.15, 0.2) is 0 Å². The molecule has 0 spiro atoms. The summed E-state index contributed by atoms with van der Waals surface area (Å²) < 4.78 is 29.5. The summed E-state index contributed by atoms with van der Waals surface area (Å²) in [7, 11) is -4.14. The number of hydrogen-bond donors (Lipinski definition) is 1. The lowest BCUT2D eigenvalue weighted by Crippen LogP contribution is -2.53. The molecule has 0 aliphatic rings. The van der Waals surface area contributed by atoms with Gasteiger partial charge in [-0.25, -0.2) is 8.42 Å². The molecular weight excluding hydrogens is 570 g/mol. The molecule has 0 saturated heterocycles. The summed E-state index contributed by atoms with van der Waals surface area (Å²) in [4.78, 5) is 29.9. The van der Waals surface area contributed by atoms with Crippen LogP contribution >= 0.6 is 0 Å². The molecule has 44 heavy (non-hydrogen) atoms. The van der Waals surface area contributed by atoms with E-state index in [-0.39, 0.29) is 23.8 Å². The van der Waals surface area contributed by atoms with Crippen molar-refractivity contribution in [3.05, 3.63) is 131 Å². The number of carbonyl (C=O) groups is 2. The number of sulfonamides is 1. The average Bonchev–Trinajstić information content (AvgIpc) is 3.02. The van der Waals surface area contributed by atoms with Gasteiger partial charge in [-0.05, 0) is 67.6 Å². The van der Waals surface area contributed by atoms with E-state index in [1.165, 1.54) is 21.3 Å². The maximum Gasteiger partial charge on any atom is 0.264 e. The van der Waals surface area contributed by atoms with Gasteiger partial charge in [-0.3, -0.25) is 13.9 Å². The first-order valence-corrected chi connectivity index (χ1v) is 16.4. The Morgan fingerprint density at radius 3 is 2.09 bits per heavy atom. The Bertz CT molecular complexity index is 1670. The Balaban J connectivity index is 1.82. The molecule has 1 atom stereocenters. The minimum absolute atomic E-state index is 0.0838. The molecule has 4 aromatic carbocycles. The Morgan fingerprint density at radius 1 is 0.795 bits per heavy atom. The van der Waals surface area contributed by atoms with Crippen LogP contribution in [0.25, 0.3) is 0 Å². The first-order chi connectivity index (χ1) is 21.1. The van der Waals surface area contributed by atoms with Crippen molar-refractivity contribution in [1.82, 2.24) is 10.2 Å². The molecule has 1 N–H and O–H groups in total. The van der Waals surface area contributed by atoms with E-state index in [0.29, 0.717) is 12.2 Å². The second-order valence-electron chi connectivity index (χ2n) is 11.1. The Labute approximate surface area is 261 Å². The second kappa shape index (κ2) is 14.8. The highest BCUT2D eigenvalue weighted by Gasteiger charge is 2.35. The molecule has 0 aromatic heterocycles. The van der Waals surface area contributed by atoms with E-state index in [2.05, 4.69) is 5.32 Å². The van der Waals surface area contributed by atoms with Gasteiger partial charge in [0, 0.05) is 19.5 Å². The molecule has 0 bridgehead atoms. The third-order valence-corrected chi connectivity index (χ3v) is 9.48. The summed E-state index contributed by atoms with van der Waals surface area (Å²) in [5.41, 5.74) is 4.85. The lowest BCUT2D eigenvalue weighted by atomic mass is 10.0. The van der Waals surface area contributed by atoms with Crippen molar-refractivity contribution < 1.29 is 18.0 Å². The van der Waals surface area contributed by atoms with Crippen molar-refractivity contribution in [2.24, 2.45) is 0 Å². The van der Waals surface area contributed by atoms with Gasteiger partial charge in [-0.15, -0.1) is 0 Å². The first-order valence-electron chi connectivity index (χ1n) is 14.9. The van der Waals surface area contributed by atoms with Crippen LogP contribution in [0.5, 0.6) is 0 Å². The maximum absolute atomic E-state index is 14.5. The number of aryl methyl sites for hydroxylation is 2. The van der Waals surface area contributed by atoms with Gasteiger partial charge in [-0.1, -0.05) is 97.4 Å². The van der Waals surface area contributed by atoms with Gasteiger partial charge in [0.05, 0.1) is 10.6 Å². The van der Waals surface area contributed by atoms with Crippen LogP contribution in [0.4, 0.5) is 5.69 Å². The summed E-state index contributed by atoms with van der Waals surface area (Å²) in [5, 5.41) is 2.98. The molecule has 0 aliphatic carbocycles. The number of rotatable bonds is 13. The van der Waals surface area contributed by atoms with Crippen LogP contribution in [-0.4, -0.2) is 44.3 Å². The fourth-order valence-electron chi connectivity index (χ4n) is 5.17. The number of anilines is 1. The monoisotopic (exact) mass is 611 g/mol. The van der Waals surface area contributed by atoms with Crippen LogP contribution in [0.15, 0.2) is 108 Å². The van der Waals surface area contributed by atoms with Gasteiger partial charge < -0.3 is 10.2 Å². The summed E-state index contributed by atoms with van der Waals surface area (Å²) in [6.45, 7) is 7.84. The third-order valence-electron chi connectivity index (χ3n) is 7.71. The van der Waals surface area contributed by atoms with Crippen molar-refractivity contribution in [1.29, 1.82) is 0 Å². The molecule has 0 radical (unpaired) electrons. The normalized spacial score (nSPS) is 11.9. The lowest BCUT2D eigenvalue weighted by Gasteiger charge is -2.34. The molecule has 0 unspecified atom stereocenters. The van der Waals surface area contributed by atoms with Gasteiger partial charge >= 0.3 is 0 Å². The van der Waals surface area contributed by atoms with E-state index in [1.807, 2.05) is 88.4 Å². The molecule has 4 rings (SSSR count).